The SMILES string of the molecule is Cn1ccnc1SCc1ccc(C(=O)NCc2ccc(Oc3ccc(F)cc3)cc2)o1. The molecule has 0 bridgehead atoms. The van der Waals surface area contributed by atoms with Crippen LogP contribution in [0, 0.1) is 5.82 Å². The first-order valence-corrected chi connectivity index (χ1v) is 10.5. The van der Waals surface area contributed by atoms with Crippen molar-refractivity contribution in [3.8, 4) is 11.5 Å². The van der Waals surface area contributed by atoms with Crippen molar-refractivity contribution in [1.29, 1.82) is 0 Å². The molecule has 1 N–H and O–H groups in total. The fourth-order valence-electron chi connectivity index (χ4n) is 2.79. The Hall–Kier alpha value is -3.52. The van der Waals surface area contributed by atoms with Crippen molar-refractivity contribution in [2.75, 3.05) is 0 Å². The summed E-state index contributed by atoms with van der Waals surface area (Å²) in [5.41, 5.74) is 0.914. The number of furan rings is 1. The lowest BCUT2D eigenvalue weighted by atomic mass is 10.2. The summed E-state index contributed by atoms with van der Waals surface area (Å²) in [5, 5.41) is 3.73. The molecule has 6 nitrogen and oxygen atoms in total. The molecule has 0 saturated carbocycles. The van der Waals surface area contributed by atoms with E-state index < -0.39 is 0 Å². The second kappa shape index (κ2) is 9.53. The Balaban J connectivity index is 1.27. The zero-order valence-electron chi connectivity index (χ0n) is 16.7. The lowest BCUT2D eigenvalue weighted by Gasteiger charge is -2.07. The maximum absolute atomic E-state index is 13.0. The molecule has 2 heterocycles. The molecular weight excluding hydrogens is 417 g/mol. The van der Waals surface area contributed by atoms with Crippen LogP contribution in [0.1, 0.15) is 21.9 Å². The van der Waals surface area contributed by atoms with Gasteiger partial charge < -0.3 is 19.0 Å². The third-order valence-electron chi connectivity index (χ3n) is 4.43. The highest BCUT2D eigenvalue weighted by Gasteiger charge is 2.12. The van der Waals surface area contributed by atoms with Gasteiger partial charge in [0, 0.05) is 26.0 Å². The van der Waals surface area contributed by atoms with Gasteiger partial charge in [0.2, 0.25) is 0 Å². The molecule has 0 aliphatic heterocycles. The Morgan fingerprint density at radius 2 is 1.81 bits per heavy atom. The molecule has 158 valence electrons. The summed E-state index contributed by atoms with van der Waals surface area (Å²) in [4.78, 5) is 16.6. The molecule has 0 atom stereocenters. The van der Waals surface area contributed by atoms with Gasteiger partial charge in [-0.25, -0.2) is 9.37 Å². The van der Waals surface area contributed by atoms with Gasteiger partial charge in [0.15, 0.2) is 10.9 Å². The lowest BCUT2D eigenvalue weighted by molar-refractivity contribution is 0.0921. The minimum atomic E-state index is -0.311. The van der Waals surface area contributed by atoms with Crippen molar-refractivity contribution in [3.63, 3.8) is 0 Å². The standard InChI is InChI=1S/C23H20FN3O3S/c1-27-13-12-25-23(27)31-15-20-10-11-21(30-20)22(28)26-14-16-2-6-18(7-3-16)29-19-8-4-17(24)5-9-19/h2-13H,14-15H2,1H3,(H,26,28). The number of rotatable bonds is 8. The van der Waals surface area contributed by atoms with E-state index in [1.807, 2.05) is 29.9 Å². The average molecular weight is 437 g/mol. The molecule has 1 amide bonds. The highest BCUT2D eigenvalue weighted by molar-refractivity contribution is 7.98. The Morgan fingerprint density at radius 3 is 2.48 bits per heavy atom. The minimum absolute atomic E-state index is 0.270. The van der Waals surface area contributed by atoms with E-state index in [2.05, 4.69) is 10.3 Å². The van der Waals surface area contributed by atoms with Crippen LogP contribution in [-0.2, 0) is 19.3 Å². The molecular formula is C23H20FN3O3S. The molecule has 0 aliphatic carbocycles. The normalized spacial score (nSPS) is 10.8. The number of hydrogen-bond donors (Lipinski definition) is 1. The number of carbonyl (C=O) groups excluding carboxylic acids is 1. The molecule has 0 spiro atoms. The Bertz CT molecular complexity index is 1150. The number of halogens is 1. The number of nitrogens with one attached hydrogen (secondary N) is 1. The zero-order chi connectivity index (χ0) is 21.6. The second-order valence-corrected chi connectivity index (χ2v) is 7.70. The second-order valence-electron chi connectivity index (χ2n) is 6.76. The Kier molecular flexibility index (Phi) is 6.37. The number of aromatic nitrogens is 2. The predicted octanol–water partition coefficient (Wildman–Crippen LogP) is 5.17. The first kappa shape index (κ1) is 20.7. The lowest BCUT2D eigenvalue weighted by Crippen LogP contribution is -2.22. The van der Waals surface area contributed by atoms with Crippen LogP contribution in [0.4, 0.5) is 4.39 Å². The van der Waals surface area contributed by atoms with Crippen molar-refractivity contribution in [3.05, 3.63) is 96.0 Å². The van der Waals surface area contributed by atoms with Gasteiger partial charge in [-0.15, -0.1) is 0 Å². The molecule has 0 unspecified atom stereocenters. The molecule has 8 heteroatoms. The van der Waals surface area contributed by atoms with E-state index in [0.29, 0.717) is 29.6 Å². The van der Waals surface area contributed by atoms with Gasteiger partial charge in [-0.3, -0.25) is 4.79 Å². The Labute approximate surface area is 183 Å². The number of nitrogens with zero attached hydrogens (tertiary/aromatic N) is 2. The van der Waals surface area contributed by atoms with E-state index >= 15 is 0 Å². The quantitative estimate of drug-likeness (QED) is 0.385. The number of thioether (sulfide) groups is 1. The smallest absolute Gasteiger partial charge is 0.287 e. The molecule has 0 radical (unpaired) electrons. The number of ether oxygens (including phenoxy) is 1. The summed E-state index contributed by atoms with van der Waals surface area (Å²) in [6.45, 7) is 0.355. The number of amides is 1. The number of aryl methyl sites for hydroxylation is 1. The summed E-state index contributed by atoms with van der Waals surface area (Å²) >= 11 is 1.54. The molecule has 4 aromatic rings. The van der Waals surface area contributed by atoms with Crippen molar-refractivity contribution in [2.45, 2.75) is 17.5 Å². The monoisotopic (exact) mass is 437 g/mol. The molecule has 2 aromatic heterocycles. The van der Waals surface area contributed by atoms with Gasteiger partial charge in [-0.05, 0) is 54.1 Å². The number of hydrogen-bond acceptors (Lipinski definition) is 5. The summed E-state index contributed by atoms with van der Waals surface area (Å²) in [6.07, 6.45) is 3.62. The van der Waals surface area contributed by atoms with Crippen LogP contribution in [0.2, 0.25) is 0 Å². The number of carbonyl (C=O) groups is 1. The summed E-state index contributed by atoms with van der Waals surface area (Å²) in [7, 11) is 1.93. The van der Waals surface area contributed by atoms with Gasteiger partial charge >= 0.3 is 0 Å². The van der Waals surface area contributed by atoms with E-state index in [0.717, 1.165) is 10.7 Å². The first-order chi connectivity index (χ1) is 15.1. The van der Waals surface area contributed by atoms with Crippen LogP contribution < -0.4 is 10.1 Å². The third-order valence-corrected chi connectivity index (χ3v) is 5.51. The van der Waals surface area contributed by atoms with E-state index in [1.54, 1.807) is 54.4 Å². The highest BCUT2D eigenvalue weighted by atomic mass is 32.2. The van der Waals surface area contributed by atoms with Crippen molar-refractivity contribution in [1.82, 2.24) is 14.9 Å². The fraction of sp³-hybridized carbons (Fsp3) is 0.130. The predicted molar refractivity (Wildman–Crippen MR) is 116 cm³/mol. The van der Waals surface area contributed by atoms with Gasteiger partial charge in [0.1, 0.15) is 23.1 Å². The largest absolute Gasteiger partial charge is 0.457 e. The van der Waals surface area contributed by atoms with Crippen LogP contribution >= 0.6 is 11.8 Å². The van der Waals surface area contributed by atoms with Crippen molar-refractivity contribution in [2.24, 2.45) is 7.05 Å². The van der Waals surface area contributed by atoms with Crippen LogP contribution in [-0.4, -0.2) is 15.5 Å². The van der Waals surface area contributed by atoms with Crippen LogP contribution in [0.5, 0.6) is 11.5 Å². The third kappa shape index (κ3) is 5.55. The molecule has 4 rings (SSSR count). The maximum Gasteiger partial charge on any atom is 0.287 e. The van der Waals surface area contributed by atoms with E-state index in [9.17, 15) is 9.18 Å². The number of benzene rings is 2. The van der Waals surface area contributed by atoms with Crippen molar-refractivity contribution < 1.29 is 18.3 Å². The molecule has 2 aromatic carbocycles. The van der Waals surface area contributed by atoms with Crippen molar-refractivity contribution >= 4 is 17.7 Å². The minimum Gasteiger partial charge on any atom is -0.457 e. The topological polar surface area (TPSA) is 69.3 Å². The van der Waals surface area contributed by atoms with Gasteiger partial charge in [0.05, 0.1) is 5.75 Å². The van der Waals surface area contributed by atoms with E-state index in [1.165, 1.54) is 12.1 Å². The van der Waals surface area contributed by atoms with Gasteiger partial charge in [-0.1, -0.05) is 23.9 Å². The average Bonchev–Trinajstić information content (AvgIpc) is 3.42. The molecule has 0 fully saturated rings. The van der Waals surface area contributed by atoms with Gasteiger partial charge in [0.25, 0.3) is 5.91 Å². The molecule has 0 saturated heterocycles. The maximum atomic E-state index is 13.0. The number of imidazole rings is 1. The van der Waals surface area contributed by atoms with Crippen LogP contribution in [0.3, 0.4) is 0 Å². The van der Waals surface area contributed by atoms with Crippen LogP contribution in [0.25, 0.3) is 0 Å². The van der Waals surface area contributed by atoms with Gasteiger partial charge in [-0.2, -0.15) is 0 Å². The first-order valence-electron chi connectivity index (χ1n) is 9.56. The zero-order valence-corrected chi connectivity index (χ0v) is 17.6. The summed E-state index contributed by atoms with van der Waals surface area (Å²) < 4.78 is 26.2. The fourth-order valence-corrected chi connectivity index (χ4v) is 3.61. The summed E-state index contributed by atoms with van der Waals surface area (Å²) in [5.74, 6) is 2.16. The summed E-state index contributed by atoms with van der Waals surface area (Å²) in [6, 6.07) is 16.6. The van der Waals surface area contributed by atoms with E-state index in [-0.39, 0.29) is 17.5 Å². The Morgan fingerprint density at radius 1 is 1.10 bits per heavy atom. The van der Waals surface area contributed by atoms with Crippen LogP contribution in [0.15, 0.2) is 82.6 Å². The van der Waals surface area contributed by atoms with E-state index in [4.69, 9.17) is 9.15 Å². The molecule has 31 heavy (non-hydrogen) atoms. The molecule has 0 aliphatic rings. The highest BCUT2D eigenvalue weighted by Crippen LogP contribution is 2.23.